The summed E-state index contributed by atoms with van der Waals surface area (Å²) in [5, 5.41) is 5.54. The number of nitrogens with zero attached hydrogens (tertiary/aromatic N) is 4. The average molecular weight is 476 g/mol. The fraction of sp³-hybridized carbons (Fsp3) is 0.360. The number of amides is 2. The Morgan fingerprint density at radius 1 is 1.06 bits per heavy atom. The molecule has 4 heterocycles. The Hall–Kier alpha value is -3.92. The first-order valence-electron chi connectivity index (χ1n) is 11.9. The molecule has 0 bridgehead atoms. The molecule has 2 aliphatic heterocycles. The van der Waals surface area contributed by atoms with Gasteiger partial charge in [0.05, 0.1) is 25.5 Å². The molecule has 1 saturated heterocycles. The summed E-state index contributed by atoms with van der Waals surface area (Å²) in [5.74, 6) is 2.38. The van der Waals surface area contributed by atoms with E-state index in [1.807, 2.05) is 37.3 Å². The number of carbonyl (C=O) groups excluding carboxylic acids is 1. The number of ether oxygens (including phenoxy) is 1. The maximum Gasteiger partial charge on any atom is 0.319 e. The first-order valence-corrected chi connectivity index (χ1v) is 11.9. The molecular formula is C25H29N7O3. The minimum Gasteiger partial charge on any atom is -0.378 e. The third kappa shape index (κ3) is 5.12. The molecule has 2 aliphatic rings. The zero-order valence-corrected chi connectivity index (χ0v) is 19.7. The van der Waals surface area contributed by atoms with E-state index < -0.39 is 0 Å². The maximum absolute atomic E-state index is 11.9. The van der Waals surface area contributed by atoms with Crippen molar-refractivity contribution in [2.45, 2.75) is 19.9 Å². The number of hydrogen-bond acceptors (Lipinski definition) is 7. The molecule has 3 N–H and O–H groups in total. The van der Waals surface area contributed by atoms with Crippen molar-refractivity contribution in [3.63, 3.8) is 0 Å². The zero-order valence-electron chi connectivity index (χ0n) is 19.7. The van der Waals surface area contributed by atoms with Gasteiger partial charge in [0, 0.05) is 49.1 Å². The van der Waals surface area contributed by atoms with E-state index in [-0.39, 0.29) is 11.6 Å². The van der Waals surface area contributed by atoms with E-state index in [1.54, 1.807) is 6.07 Å². The molecule has 1 aromatic carbocycles. The predicted molar refractivity (Wildman–Crippen MR) is 135 cm³/mol. The Balaban J connectivity index is 1.48. The number of nitrogens with one attached hydrogen (secondary N) is 3. The standard InChI is InChI=1S/C25H29N7O3/c1-2-26-25(34)27-18-8-6-17(7-9-18)23-28-20-16-32(21-4-3-5-22(33)29-21)11-10-19(20)24(30-23)31-12-14-35-15-13-31/h3-9H,2,10-16H2,1H3,(H,29,33)(H2,26,27,34). The molecule has 182 valence electrons. The Labute approximate surface area is 203 Å². The monoisotopic (exact) mass is 475 g/mol. The maximum atomic E-state index is 11.9. The second kappa shape index (κ2) is 10.1. The summed E-state index contributed by atoms with van der Waals surface area (Å²) >= 11 is 0. The van der Waals surface area contributed by atoms with E-state index in [1.165, 1.54) is 6.07 Å². The van der Waals surface area contributed by atoms with Crippen LogP contribution in [-0.4, -0.2) is 60.4 Å². The molecule has 0 spiro atoms. The highest BCUT2D eigenvalue weighted by Gasteiger charge is 2.26. The molecule has 0 unspecified atom stereocenters. The molecule has 0 radical (unpaired) electrons. The van der Waals surface area contributed by atoms with Crippen LogP contribution in [0.3, 0.4) is 0 Å². The molecule has 0 aliphatic carbocycles. The number of aromatic amines is 1. The highest BCUT2D eigenvalue weighted by molar-refractivity contribution is 5.89. The van der Waals surface area contributed by atoms with Crippen LogP contribution in [0.15, 0.2) is 47.3 Å². The molecule has 0 atom stereocenters. The number of pyridine rings is 1. The number of hydrogen-bond donors (Lipinski definition) is 3. The fourth-order valence-corrected chi connectivity index (χ4v) is 4.44. The zero-order chi connectivity index (χ0) is 24.2. The minimum atomic E-state index is -0.237. The van der Waals surface area contributed by atoms with Crippen molar-refractivity contribution in [3.05, 3.63) is 64.1 Å². The van der Waals surface area contributed by atoms with E-state index in [0.717, 1.165) is 54.5 Å². The number of rotatable bonds is 5. The van der Waals surface area contributed by atoms with Crippen LogP contribution in [0.2, 0.25) is 0 Å². The second-order valence-electron chi connectivity index (χ2n) is 8.53. The van der Waals surface area contributed by atoms with Crippen LogP contribution in [0.5, 0.6) is 0 Å². The summed E-state index contributed by atoms with van der Waals surface area (Å²) in [7, 11) is 0. The number of aromatic nitrogens is 3. The van der Waals surface area contributed by atoms with Gasteiger partial charge in [0.25, 0.3) is 0 Å². The Morgan fingerprint density at radius 2 is 1.86 bits per heavy atom. The normalized spacial score (nSPS) is 15.5. The van der Waals surface area contributed by atoms with Crippen LogP contribution in [-0.2, 0) is 17.7 Å². The van der Waals surface area contributed by atoms with E-state index in [4.69, 9.17) is 14.7 Å². The quantitative estimate of drug-likeness (QED) is 0.519. The molecule has 35 heavy (non-hydrogen) atoms. The number of benzene rings is 1. The van der Waals surface area contributed by atoms with E-state index in [9.17, 15) is 9.59 Å². The molecule has 2 amide bonds. The van der Waals surface area contributed by atoms with Crippen LogP contribution < -0.4 is 26.0 Å². The number of carbonyl (C=O) groups is 1. The van der Waals surface area contributed by atoms with Gasteiger partial charge in [-0.25, -0.2) is 14.8 Å². The van der Waals surface area contributed by atoms with Crippen molar-refractivity contribution in [1.82, 2.24) is 20.3 Å². The van der Waals surface area contributed by atoms with Crippen molar-refractivity contribution in [2.24, 2.45) is 0 Å². The summed E-state index contributed by atoms with van der Waals surface area (Å²) in [6.07, 6.45) is 0.786. The van der Waals surface area contributed by atoms with Crippen molar-refractivity contribution in [1.29, 1.82) is 0 Å². The topological polar surface area (TPSA) is 115 Å². The van der Waals surface area contributed by atoms with Gasteiger partial charge in [-0.2, -0.15) is 0 Å². The SMILES string of the molecule is CCNC(=O)Nc1ccc(-c2nc3c(c(N4CCOCC4)n2)CCN(c2cccc(=O)[nH]2)C3)cc1. The lowest BCUT2D eigenvalue weighted by molar-refractivity contribution is 0.122. The van der Waals surface area contributed by atoms with Crippen LogP contribution in [0, 0.1) is 0 Å². The van der Waals surface area contributed by atoms with Gasteiger partial charge in [-0.3, -0.25) is 4.79 Å². The molecule has 1 fully saturated rings. The molecule has 2 aromatic heterocycles. The average Bonchev–Trinajstić information content (AvgIpc) is 2.89. The van der Waals surface area contributed by atoms with Gasteiger partial charge in [0.2, 0.25) is 5.56 Å². The smallest absolute Gasteiger partial charge is 0.319 e. The lowest BCUT2D eigenvalue weighted by atomic mass is 10.0. The lowest BCUT2D eigenvalue weighted by Crippen LogP contribution is -2.40. The first-order chi connectivity index (χ1) is 17.1. The van der Waals surface area contributed by atoms with Gasteiger partial charge >= 0.3 is 6.03 Å². The highest BCUT2D eigenvalue weighted by atomic mass is 16.5. The fourth-order valence-electron chi connectivity index (χ4n) is 4.44. The third-order valence-electron chi connectivity index (χ3n) is 6.19. The Kier molecular flexibility index (Phi) is 6.62. The second-order valence-corrected chi connectivity index (χ2v) is 8.53. The summed E-state index contributed by atoms with van der Waals surface area (Å²) in [6.45, 7) is 6.70. The van der Waals surface area contributed by atoms with Crippen molar-refractivity contribution >= 4 is 23.4 Å². The van der Waals surface area contributed by atoms with E-state index in [2.05, 4.69) is 25.4 Å². The van der Waals surface area contributed by atoms with Crippen molar-refractivity contribution < 1.29 is 9.53 Å². The van der Waals surface area contributed by atoms with E-state index in [0.29, 0.717) is 37.8 Å². The summed E-state index contributed by atoms with van der Waals surface area (Å²) in [6, 6.07) is 12.5. The highest BCUT2D eigenvalue weighted by Crippen LogP contribution is 2.31. The summed E-state index contributed by atoms with van der Waals surface area (Å²) < 4.78 is 5.56. The third-order valence-corrected chi connectivity index (χ3v) is 6.19. The van der Waals surface area contributed by atoms with E-state index >= 15 is 0 Å². The van der Waals surface area contributed by atoms with Gasteiger partial charge in [-0.05, 0) is 43.7 Å². The van der Waals surface area contributed by atoms with Crippen molar-refractivity contribution in [2.75, 3.05) is 54.5 Å². The van der Waals surface area contributed by atoms with Gasteiger partial charge < -0.3 is 30.2 Å². The number of morpholine rings is 1. The van der Waals surface area contributed by atoms with Gasteiger partial charge in [-0.1, -0.05) is 6.07 Å². The molecule has 3 aromatic rings. The molecule has 10 heteroatoms. The number of urea groups is 1. The van der Waals surface area contributed by atoms with Gasteiger partial charge in [0.15, 0.2) is 5.82 Å². The molecular weight excluding hydrogens is 446 g/mol. The van der Waals surface area contributed by atoms with Crippen LogP contribution >= 0.6 is 0 Å². The first kappa shape index (κ1) is 22.9. The van der Waals surface area contributed by atoms with Crippen molar-refractivity contribution in [3.8, 4) is 11.4 Å². The number of fused-ring (bicyclic) bond motifs is 1. The Bertz CT molecular complexity index is 1250. The van der Waals surface area contributed by atoms with Crippen LogP contribution in [0.1, 0.15) is 18.2 Å². The molecule has 0 saturated carbocycles. The predicted octanol–water partition coefficient (Wildman–Crippen LogP) is 2.37. The Morgan fingerprint density at radius 3 is 2.60 bits per heavy atom. The van der Waals surface area contributed by atoms with Gasteiger partial charge in [-0.15, -0.1) is 0 Å². The minimum absolute atomic E-state index is 0.119. The number of H-pyrrole nitrogens is 1. The van der Waals surface area contributed by atoms with Gasteiger partial charge in [0.1, 0.15) is 11.6 Å². The largest absolute Gasteiger partial charge is 0.378 e. The molecule has 5 rings (SSSR count). The van der Waals surface area contributed by atoms with Crippen LogP contribution in [0.25, 0.3) is 11.4 Å². The molecule has 10 nitrogen and oxygen atoms in total. The van der Waals surface area contributed by atoms with Crippen LogP contribution in [0.4, 0.5) is 22.1 Å². The summed E-state index contributed by atoms with van der Waals surface area (Å²) in [5.41, 5.74) is 3.56. The summed E-state index contributed by atoms with van der Waals surface area (Å²) in [4.78, 5) is 41.0. The lowest BCUT2D eigenvalue weighted by Gasteiger charge is -2.34. The number of anilines is 3.